The predicted octanol–water partition coefficient (Wildman–Crippen LogP) is 5.48. The molecule has 0 saturated heterocycles. The number of rotatable bonds is 7. The smallest absolute Gasteiger partial charge is 0.255 e. The van der Waals surface area contributed by atoms with Gasteiger partial charge in [-0.05, 0) is 48.5 Å². The Kier molecular flexibility index (Phi) is 6.63. The minimum absolute atomic E-state index is 0.106. The molecule has 0 atom stereocenters. The Hall–Kier alpha value is -2.89. The van der Waals surface area contributed by atoms with E-state index < -0.39 is 0 Å². The van der Waals surface area contributed by atoms with Gasteiger partial charge in [0.25, 0.3) is 11.8 Å². The molecule has 0 aliphatic heterocycles. The zero-order chi connectivity index (χ0) is 19.9. The highest BCUT2D eigenvalue weighted by Crippen LogP contribution is 2.23. The third kappa shape index (κ3) is 5.09. The van der Waals surface area contributed by atoms with Gasteiger partial charge in [0.15, 0.2) is 0 Å². The number of carbonyl (C=O) groups excluding carboxylic acids is 2. The first-order valence-corrected chi connectivity index (χ1v) is 9.87. The lowest BCUT2D eigenvalue weighted by molar-refractivity contribution is 0.0764. The summed E-state index contributed by atoms with van der Waals surface area (Å²) in [7, 11) is 0. The molecule has 0 aliphatic rings. The minimum Gasteiger partial charge on any atom is -0.330 e. The zero-order valence-corrected chi connectivity index (χ0v) is 16.7. The molecule has 3 rings (SSSR count). The zero-order valence-electron chi connectivity index (χ0n) is 15.1. The Morgan fingerprint density at radius 3 is 2.32 bits per heavy atom. The molecule has 2 amide bonds. The molecule has 0 spiro atoms. The molecule has 0 aliphatic carbocycles. The fourth-order valence-electron chi connectivity index (χ4n) is 2.67. The van der Waals surface area contributed by atoms with Gasteiger partial charge in [0, 0.05) is 28.2 Å². The number of nitrogens with one attached hydrogen (secondary N) is 1. The topological polar surface area (TPSA) is 49.4 Å². The lowest BCUT2D eigenvalue weighted by Crippen LogP contribution is -2.30. The first-order valence-electron chi connectivity index (χ1n) is 8.67. The number of nitrogens with zero attached hydrogens (tertiary/aromatic N) is 1. The maximum Gasteiger partial charge on any atom is 0.255 e. The molecule has 6 heteroatoms. The second kappa shape index (κ2) is 9.35. The third-order valence-corrected chi connectivity index (χ3v) is 5.25. The van der Waals surface area contributed by atoms with Gasteiger partial charge in [-0.15, -0.1) is 17.9 Å². The van der Waals surface area contributed by atoms with Gasteiger partial charge < -0.3 is 10.2 Å². The number of benzene rings is 2. The molecule has 3 aromatic rings. The number of carbonyl (C=O) groups is 2. The monoisotopic (exact) mass is 410 g/mol. The molecule has 2 aromatic carbocycles. The van der Waals surface area contributed by atoms with Gasteiger partial charge in [0.05, 0.1) is 10.9 Å². The van der Waals surface area contributed by atoms with Crippen LogP contribution in [0.15, 0.2) is 79.4 Å². The van der Waals surface area contributed by atoms with E-state index in [-0.39, 0.29) is 11.8 Å². The van der Waals surface area contributed by atoms with E-state index in [1.54, 1.807) is 47.4 Å². The van der Waals surface area contributed by atoms with Gasteiger partial charge >= 0.3 is 0 Å². The third-order valence-electron chi connectivity index (χ3n) is 4.04. The maximum absolute atomic E-state index is 12.9. The molecule has 1 N–H and O–H groups in total. The summed E-state index contributed by atoms with van der Waals surface area (Å²) in [6.07, 6.45) is 1.70. The SMILES string of the molecule is C=CCN(Cc1ccc(Cl)s1)C(=O)c1ccc(NC(=O)c2ccccc2)cc1. The van der Waals surface area contributed by atoms with Crippen molar-refractivity contribution in [2.24, 2.45) is 0 Å². The van der Waals surface area contributed by atoms with Crippen LogP contribution in [-0.2, 0) is 6.54 Å². The van der Waals surface area contributed by atoms with Crippen molar-refractivity contribution in [3.8, 4) is 0 Å². The number of thiophene rings is 1. The van der Waals surface area contributed by atoms with Gasteiger partial charge in [-0.2, -0.15) is 0 Å². The van der Waals surface area contributed by atoms with Crippen LogP contribution in [0.25, 0.3) is 0 Å². The molecule has 1 heterocycles. The van der Waals surface area contributed by atoms with E-state index in [2.05, 4.69) is 11.9 Å². The van der Waals surface area contributed by atoms with Crippen molar-refractivity contribution in [2.45, 2.75) is 6.54 Å². The largest absolute Gasteiger partial charge is 0.330 e. The molecule has 142 valence electrons. The van der Waals surface area contributed by atoms with E-state index in [1.165, 1.54) is 11.3 Å². The van der Waals surface area contributed by atoms with Crippen LogP contribution in [0.1, 0.15) is 25.6 Å². The highest BCUT2D eigenvalue weighted by molar-refractivity contribution is 7.16. The average molecular weight is 411 g/mol. The lowest BCUT2D eigenvalue weighted by Gasteiger charge is -2.20. The summed E-state index contributed by atoms with van der Waals surface area (Å²) in [4.78, 5) is 27.8. The average Bonchev–Trinajstić information content (AvgIpc) is 3.13. The fourth-order valence-corrected chi connectivity index (χ4v) is 3.77. The number of anilines is 1. The van der Waals surface area contributed by atoms with Crippen LogP contribution in [0.2, 0.25) is 4.34 Å². The summed E-state index contributed by atoms with van der Waals surface area (Å²) in [5.74, 6) is -0.298. The number of hydrogen-bond acceptors (Lipinski definition) is 3. The Morgan fingerprint density at radius 1 is 1.00 bits per heavy atom. The molecular weight excluding hydrogens is 392 g/mol. The Morgan fingerprint density at radius 2 is 1.71 bits per heavy atom. The second-order valence-electron chi connectivity index (χ2n) is 6.08. The second-order valence-corrected chi connectivity index (χ2v) is 7.88. The fraction of sp³-hybridized carbons (Fsp3) is 0.0909. The van der Waals surface area contributed by atoms with Crippen LogP contribution >= 0.6 is 22.9 Å². The first-order chi connectivity index (χ1) is 13.6. The highest BCUT2D eigenvalue weighted by atomic mass is 35.5. The summed E-state index contributed by atoms with van der Waals surface area (Å²) in [6, 6.07) is 19.6. The highest BCUT2D eigenvalue weighted by Gasteiger charge is 2.16. The van der Waals surface area contributed by atoms with Gasteiger partial charge in [0.2, 0.25) is 0 Å². The normalized spacial score (nSPS) is 10.3. The van der Waals surface area contributed by atoms with E-state index in [1.807, 2.05) is 30.3 Å². The molecule has 0 fully saturated rings. The summed E-state index contributed by atoms with van der Waals surface area (Å²) in [6.45, 7) is 4.63. The summed E-state index contributed by atoms with van der Waals surface area (Å²) < 4.78 is 0.694. The molecule has 28 heavy (non-hydrogen) atoms. The summed E-state index contributed by atoms with van der Waals surface area (Å²) in [5.41, 5.74) is 1.75. The van der Waals surface area contributed by atoms with Crippen molar-refractivity contribution < 1.29 is 9.59 Å². The number of amides is 2. The van der Waals surface area contributed by atoms with Crippen LogP contribution < -0.4 is 5.32 Å². The van der Waals surface area contributed by atoms with Crippen LogP contribution in [0, 0.1) is 0 Å². The quantitative estimate of drug-likeness (QED) is 0.524. The predicted molar refractivity (Wildman–Crippen MR) is 115 cm³/mol. The van der Waals surface area contributed by atoms with E-state index >= 15 is 0 Å². The molecule has 0 saturated carbocycles. The van der Waals surface area contributed by atoms with Crippen LogP contribution in [-0.4, -0.2) is 23.3 Å². The Bertz CT molecular complexity index is 968. The van der Waals surface area contributed by atoms with E-state index in [4.69, 9.17) is 11.6 Å². The molecule has 0 radical (unpaired) electrons. The molecule has 0 bridgehead atoms. The first kappa shape index (κ1) is 19.9. The van der Waals surface area contributed by atoms with Crippen LogP contribution in [0.5, 0.6) is 0 Å². The van der Waals surface area contributed by atoms with Crippen molar-refractivity contribution in [3.63, 3.8) is 0 Å². The van der Waals surface area contributed by atoms with Gasteiger partial charge in [-0.25, -0.2) is 0 Å². The van der Waals surface area contributed by atoms with E-state index in [0.717, 1.165) is 4.88 Å². The van der Waals surface area contributed by atoms with Crippen molar-refractivity contribution in [3.05, 3.63) is 99.7 Å². The summed E-state index contributed by atoms with van der Waals surface area (Å²) in [5, 5.41) is 2.83. The summed E-state index contributed by atoms with van der Waals surface area (Å²) >= 11 is 7.43. The lowest BCUT2D eigenvalue weighted by atomic mass is 10.1. The van der Waals surface area contributed by atoms with Gasteiger partial charge in [0.1, 0.15) is 0 Å². The number of halogens is 1. The van der Waals surface area contributed by atoms with Gasteiger partial charge in [-0.3, -0.25) is 9.59 Å². The van der Waals surface area contributed by atoms with E-state index in [9.17, 15) is 9.59 Å². The van der Waals surface area contributed by atoms with Crippen molar-refractivity contribution in [2.75, 3.05) is 11.9 Å². The molecule has 4 nitrogen and oxygen atoms in total. The Balaban J connectivity index is 1.69. The molecular formula is C22H19ClN2O2S. The van der Waals surface area contributed by atoms with Crippen LogP contribution in [0.4, 0.5) is 5.69 Å². The molecule has 0 unspecified atom stereocenters. The van der Waals surface area contributed by atoms with Crippen molar-refractivity contribution >= 4 is 40.4 Å². The van der Waals surface area contributed by atoms with Crippen molar-refractivity contribution in [1.29, 1.82) is 0 Å². The standard InChI is InChI=1S/C22H19ClN2O2S/c1-2-14-25(15-19-12-13-20(23)28-19)22(27)17-8-10-18(11-9-17)24-21(26)16-6-4-3-5-7-16/h2-13H,1,14-15H2,(H,24,26). The maximum atomic E-state index is 12.9. The number of hydrogen-bond donors (Lipinski definition) is 1. The van der Waals surface area contributed by atoms with Gasteiger partial charge in [-0.1, -0.05) is 35.9 Å². The Labute approximate surface area is 173 Å². The van der Waals surface area contributed by atoms with E-state index in [0.29, 0.717) is 34.2 Å². The minimum atomic E-state index is -0.192. The van der Waals surface area contributed by atoms with Crippen LogP contribution in [0.3, 0.4) is 0 Å². The van der Waals surface area contributed by atoms with Crippen molar-refractivity contribution in [1.82, 2.24) is 4.90 Å². The molecule has 1 aromatic heterocycles.